The first kappa shape index (κ1) is 49.2. The molecule has 2 aliphatic carbocycles. The van der Waals surface area contributed by atoms with E-state index in [1.807, 2.05) is 112 Å². The number of rotatable bonds is 8. The number of hydrogen-bond acceptors (Lipinski definition) is 6. The van der Waals surface area contributed by atoms with Crippen LogP contribution in [0.15, 0.2) is 109 Å². The summed E-state index contributed by atoms with van der Waals surface area (Å²) in [7, 11) is 0. The van der Waals surface area contributed by atoms with Gasteiger partial charge in [0.1, 0.15) is 0 Å². The van der Waals surface area contributed by atoms with E-state index in [1.165, 1.54) is 0 Å². The first-order valence-electron chi connectivity index (χ1n) is 23.4. The van der Waals surface area contributed by atoms with Gasteiger partial charge in [0.25, 0.3) is 11.8 Å². The van der Waals surface area contributed by atoms with Crippen LogP contribution < -0.4 is 10.6 Å². The molecule has 0 aromatic heterocycles. The van der Waals surface area contributed by atoms with Gasteiger partial charge in [-0.15, -0.1) is 0 Å². The van der Waals surface area contributed by atoms with E-state index in [9.17, 15) is 29.4 Å². The fourth-order valence-electron chi connectivity index (χ4n) is 11.2. The van der Waals surface area contributed by atoms with Gasteiger partial charge in [0.15, 0.2) is 0 Å². The molecule has 66 heavy (non-hydrogen) atoms. The Hall–Kier alpha value is -4.74. The van der Waals surface area contributed by atoms with Crippen LogP contribution in [0, 0.1) is 22.7 Å². The van der Waals surface area contributed by atoms with Crippen molar-refractivity contribution in [3.05, 3.63) is 141 Å². The molecule has 2 saturated heterocycles. The van der Waals surface area contributed by atoms with E-state index in [-0.39, 0.29) is 35.5 Å². The van der Waals surface area contributed by atoms with Gasteiger partial charge in [0.05, 0.1) is 23.0 Å². The molecule has 4 amide bonds. The highest BCUT2D eigenvalue weighted by Crippen LogP contribution is 2.49. The van der Waals surface area contributed by atoms with Crippen LogP contribution >= 0.6 is 23.2 Å². The molecule has 4 aliphatic rings. The average Bonchev–Trinajstić information content (AvgIpc) is 3.87. The maximum absolute atomic E-state index is 13.7. The molecule has 10 nitrogen and oxygen atoms in total. The lowest BCUT2D eigenvalue weighted by Gasteiger charge is -2.51. The van der Waals surface area contributed by atoms with Gasteiger partial charge in [0, 0.05) is 69.3 Å². The molecule has 4 aromatic carbocycles. The van der Waals surface area contributed by atoms with Crippen molar-refractivity contribution in [2.24, 2.45) is 22.7 Å². The second-order valence-corrected chi connectivity index (χ2v) is 21.8. The summed E-state index contributed by atoms with van der Waals surface area (Å²) in [5, 5.41) is 30.9. The molecule has 8 rings (SSSR count). The Morgan fingerprint density at radius 1 is 0.515 bits per heavy atom. The predicted octanol–water partition coefficient (Wildman–Crippen LogP) is 9.55. The molecule has 4 fully saturated rings. The number of nitrogens with zero attached hydrogens (tertiary/aromatic N) is 2. The van der Waals surface area contributed by atoms with E-state index in [0.717, 1.165) is 49.7 Å². The molecule has 2 heterocycles. The number of aliphatic hydroxyl groups is 2. The minimum atomic E-state index is -1.05. The van der Waals surface area contributed by atoms with Gasteiger partial charge in [-0.1, -0.05) is 124 Å². The standard InChI is InChI=1S/2C27H33ClN2O3/c2*1-25(2)18-30(17-16-27(25,33)20-11-13-21(28)14-12-20)24(32)22-10-7-15-26(22,3)29-23(31)19-8-5-4-6-9-19/h2*4-6,8-9,11-14,22,33H,7,10,15-18H2,1-3H3,(H,29,31)/t22-,26-,27+;22-,26-,27-/m10/s1. The Labute approximate surface area is 400 Å². The summed E-state index contributed by atoms with van der Waals surface area (Å²) in [6.07, 6.45) is 5.75. The van der Waals surface area contributed by atoms with Crippen molar-refractivity contribution in [3.8, 4) is 0 Å². The van der Waals surface area contributed by atoms with Crippen LogP contribution in [-0.4, -0.2) is 80.9 Å². The van der Waals surface area contributed by atoms with Crippen LogP contribution in [0.3, 0.4) is 0 Å². The smallest absolute Gasteiger partial charge is 0.251 e. The summed E-state index contributed by atoms with van der Waals surface area (Å²) in [6.45, 7) is 13.8. The van der Waals surface area contributed by atoms with Crippen LogP contribution in [0.1, 0.15) is 125 Å². The molecular weight excluding hydrogens is 872 g/mol. The summed E-state index contributed by atoms with van der Waals surface area (Å²) in [5.41, 5.74) is -1.50. The summed E-state index contributed by atoms with van der Waals surface area (Å²) in [5.74, 6) is -0.711. The van der Waals surface area contributed by atoms with E-state index in [0.29, 0.717) is 60.2 Å². The number of carbonyl (C=O) groups excluding carboxylic acids is 4. The molecule has 0 radical (unpaired) electrons. The zero-order valence-electron chi connectivity index (χ0n) is 39.2. The van der Waals surface area contributed by atoms with Crippen LogP contribution in [0.2, 0.25) is 10.0 Å². The number of amides is 4. The van der Waals surface area contributed by atoms with Crippen molar-refractivity contribution in [3.63, 3.8) is 0 Å². The van der Waals surface area contributed by atoms with Crippen molar-refractivity contribution in [2.75, 3.05) is 26.2 Å². The lowest BCUT2D eigenvalue weighted by Crippen LogP contribution is -2.60. The van der Waals surface area contributed by atoms with Gasteiger partial charge in [0.2, 0.25) is 11.8 Å². The van der Waals surface area contributed by atoms with E-state index in [4.69, 9.17) is 23.2 Å². The Kier molecular flexibility index (Phi) is 14.2. The summed E-state index contributed by atoms with van der Waals surface area (Å²) in [6, 6.07) is 32.9. The SMILES string of the molecule is CC1(C)CN(C(=O)[C@@H]2CCC[C@]2(C)NC(=O)c2ccccc2)CC[C@]1(O)c1ccc(Cl)cc1.CC1(C)CN(C(=O)[C@H]2CCC[C@@]2(C)NC(=O)c2ccccc2)CC[C@]1(O)c1ccc(Cl)cc1. The Bertz CT molecular complexity index is 2210. The fourth-order valence-corrected chi connectivity index (χ4v) is 11.5. The van der Waals surface area contributed by atoms with Crippen molar-refractivity contribution >= 4 is 46.8 Å². The lowest BCUT2D eigenvalue weighted by atomic mass is 9.66. The van der Waals surface area contributed by atoms with Crippen LogP contribution in [0.25, 0.3) is 0 Å². The maximum atomic E-state index is 13.7. The van der Waals surface area contributed by atoms with Crippen molar-refractivity contribution in [2.45, 2.75) is 115 Å². The third-order valence-corrected chi connectivity index (χ3v) is 16.1. The minimum Gasteiger partial charge on any atom is -0.384 e. The van der Waals surface area contributed by atoms with Crippen LogP contribution in [-0.2, 0) is 20.8 Å². The van der Waals surface area contributed by atoms with E-state index < -0.39 is 33.1 Å². The third-order valence-electron chi connectivity index (χ3n) is 15.5. The van der Waals surface area contributed by atoms with Crippen molar-refractivity contribution < 1.29 is 29.4 Å². The molecule has 2 aliphatic heterocycles. The summed E-state index contributed by atoms with van der Waals surface area (Å²) < 4.78 is 0. The molecule has 12 heteroatoms. The van der Waals surface area contributed by atoms with Gasteiger partial charge in [-0.25, -0.2) is 0 Å². The summed E-state index contributed by atoms with van der Waals surface area (Å²) in [4.78, 5) is 56.8. The highest BCUT2D eigenvalue weighted by atomic mass is 35.5. The number of likely N-dealkylation sites (tertiary alicyclic amines) is 2. The quantitative estimate of drug-likeness (QED) is 0.139. The highest BCUT2D eigenvalue weighted by Gasteiger charge is 2.54. The van der Waals surface area contributed by atoms with Crippen molar-refractivity contribution in [1.82, 2.24) is 20.4 Å². The zero-order valence-corrected chi connectivity index (χ0v) is 40.7. The summed E-state index contributed by atoms with van der Waals surface area (Å²) >= 11 is 12.1. The molecule has 0 spiro atoms. The first-order chi connectivity index (χ1) is 31.1. The van der Waals surface area contributed by atoms with Crippen LogP contribution in [0.5, 0.6) is 0 Å². The molecule has 352 valence electrons. The monoisotopic (exact) mass is 936 g/mol. The zero-order chi connectivity index (χ0) is 47.7. The number of hydrogen-bond donors (Lipinski definition) is 4. The second kappa shape index (κ2) is 19.1. The van der Waals surface area contributed by atoms with Gasteiger partial charge in [-0.2, -0.15) is 0 Å². The Balaban J connectivity index is 0.000000196. The van der Waals surface area contributed by atoms with Gasteiger partial charge < -0.3 is 30.6 Å². The Morgan fingerprint density at radius 3 is 1.17 bits per heavy atom. The number of piperidine rings is 2. The van der Waals surface area contributed by atoms with Gasteiger partial charge >= 0.3 is 0 Å². The molecule has 4 N–H and O–H groups in total. The normalized spacial score (nSPS) is 29.0. The molecular formula is C54H66Cl2N4O6. The second-order valence-electron chi connectivity index (χ2n) is 20.9. The van der Waals surface area contributed by atoms with E-state index >= 15 is 0 Å². The predicted molar refractivity (Wildman–Crippen MR) is 260 cm³/mol. The number of nitrogens with one attached hydrogen (secondary N) is 2. The maximum Gasteiger partial charge on any atom is 0.251 e. The van der Waals surface area contributed by atoms with E-state index in [1.54, 1.807) is 48.5 Å². The molecule has 6 atom stereocenters. The Morgan fingerprint density at radius 2 is 0.848 bits per heavy atom. The van der Waals surface area contributed by atoms with Gasteiger partial charge in [-0.05, 0) is 112 Å². The number of benzene rings is 4. The van der Waals surface area contributed by atoms with Crippen molar-refractivity contribution in [1.29, 1.82) is 0 Å². The first-order valence-corrected chi connectivity index (χ1v) is 24.2. The molecule has 4 aromatic rings. The van der Waals surface area contributed by atoms with E-state index in [2.05, 4.69) is 10.6 Å². The number of halogens is 2. The highest BCUT2D eigenvalue weighted by molar-refractivity contribution is 6.30. The molecule has 0 bridgehead atoms. The van der Waals surface area contributed by atoms with Crippen LogP contribution in [0.4, 0.5) is 0 Å². The minimum absolute atomic E-state index is 0.0644. The lowest BCUT2D eigenvalue weighted by molar-refractivity contribution is -0.158. The third kappa shape index (κ3) is 9.80. The number of carbonyl (C=O) groups is 4. The topological polar surface area (TPSA) is 139 Å². The molecule has 0 unspecified atom stereocenters. The average molecular weight is 938 g/mol. The fraction of sp³-hybridized carbons (Fsp3) is 0.481. The molecule has 2 saturated carbocycles. The van der Waals surface area contributed by atoms with Gasteiger partial charge in [-0.3, -0.25) is 19.2 Å². The largest absolute Gasteiger partial charge is 0.384 e.